The zero-order valence-electron chi connectivity index (χ0n) is 10.1. The number of rotatable bonds is 4. The molecule has 1 N–H and O–H groups in total. The summed E-state index contributed by atoms with van der Waals surface area (Å²) in [6.45, 7) is 9.27. The zero-order chi connectivity index (χ0) is 12.3. The molecule has 0 radical (unpaired) electrons. The second-order valence-corrected chi connectivity index (χ2v) is 5.66. The molecule has 0 aromatic rings. The van der Waals surface area contributed by atoms with E-state index in [9.17, 15) is 14.9 Å². The maximum Gasteiger partial charge on any atom is 0.292 e. The van der Waals surface area contributed by atoms with E-state index in [1.165, 1.54) is 0 Å². The van der Waals surface area contributed by atoms with Crippen molar-refractivity contribution in [3.05, 3.63) is 10.1 Å². The molecule has 0 saturated carbocycles. The van der Waals surface area contributed by atoms with Crippen LogP contribution in [0.4, 0.5) is 0 Å². The summed E-state index contributed by atoms with van der Waals surface area (Å²) in [7, 11) is 0. The zero-order valence-corrected chi connectivity index (χ0v) is 10.1. The number of hydrogen-bond donors (Lipinski definition) is 1. The van der Waals surface area contributed by atoms with E-state index in [4.69, 9.17) is 0 Å². The molecule has 5 nitrogen and oxygen atoms in total. The van der Waals surface area contributed by atoms with Gasteiger partial charge in [0.05, 0.1) is 0 Å². The van der Waals surface area contributed by atoms with Gasteiger partial charge in [-0.3, -0.25) is 14.9 Å². The highest BCUT2D eigenvalue weighted by molar-refractivity contribution is 5.77. The lowest BCUT2D eigenvalue weighted by molar-refractivity contribution is -0.467. The monoisotopic (exact) mass is 216 g/mol. The predicted octanol–water partition coefficient (Wildman–Crippen LogP) is 1.59. The van der Waals surface area contributed by atoms with Gasteiger partial charge in [-0.1, -0.05) is 20.8 Å². The van der Waals surface area contributed by atoms with Gasteiger partial charge in [-0.2, -0.15) is 0 Å². The first-order chi connectivity index (χ1) is 6.52. The van der Waals surface area contributed by atoms with Crippen LogP contribution in [0.1, 0.15) is 41.0 Å². The van der Waals surface area contributed by atoms with Crippen LogP contribution in [0, 0.1) is 15.5 Å². The average molecular weight is 216 g/mol. The summed E-state index contributed by atoms with van der Waals surface area (Å²) in [5, 5.41) is 12.8. The fourth-order valence-corrected chi connectivity index (χ4v) is 1.90. The molecule has 0 aliphatic rings. The number of hydrogen-bond acceptors (Lipinski definition) is 3. The minimum Gasteiger partial charge on any atom is -0.346 e. The van der Waals surface area contributed by atoms with Crippen LogP contribution < -0.4 is 5.32 Å². The Kier molecular flexibility index (Phi) is 4.25. The standard InChI is InChI=1S/C10H20N2O3/c1-9(2,3)7-10(4,5)11-8(13)6-12(14)15/h6-7H2,1-5H3,(H,11,13). The summed E-state index contributed by atoms with van der Waals surface area (Å²) in [5.41, 5.74) is -0.337. The van der Waals surface area contributed by atoms with Gasteiger partial charge >= 0.3 is 0 Å². The molecule has 1 amide bonds. The van der Waals surface area contributed by atoms with Gasteiger partial charge in [0.2, 0.25) is 0 Å². The summed E-state index contributed by atoms with van der Waals surface area (Å²) >= 11 is 0. The van der Waals surface area contributed by atoms with Crippen molar-refractivity contribution in [2.45, 2.75) is 46.6 Å². The molecule has 0 heterocycles. The molecule has 15 heavy (non-hydrogen) atoms. The molecule has 0 aliphatic heterocycles. The van der Waals surface area contributed by atoms with Crippen molar-refractivity contribution < 1.29 is 9.72 Å². The van der Waals surface area contributed by atoms with Crippen molar-refractivity contribution in [1.82, 2.24) is 5.32 Å². The van der Waals surface area contributed by atoms with Gasteiger partial charge in [0, 0.05) is 10.5 Å². The maximum atomic E-state index is 11.2. The Bertz CT molecular complexity index is 254. The lowest BCUT2D eigenvalue weighted by Gasteiger charge is -2.32. The minimum atomic E-state index is -0.659. The van der Waals surface area contributed by atoms with Crippen LogP contribution >= 0.6 is 0 Å². The third-order valence-electron chi connectivity index (χ3n) is 1.72. The Hall–Kier alpha value is -1.13. The Morgan fingerprint density at radius 1 is 1.27 bits per heavy atom. The Morgan fingerprint density at radius 3 is 2.07 bits per heavy atom. The number of nitrogens with zero attached hydrogens (tertiary/aromatic N) is 1. The van der Waals surface area contributed by atoms with Crippen molar-refractivity contribution in [2.75, 3.05) is 6.54 Å². The van der Waals surface area contributed by atoms with Crippen LogP contribution in [0.2, 0.25) is 0 Å². The summed E-state index contributed by atoms with van der Waals surface area (Å²) in [6.07, 6.45) is 0.767. The summed E-state index contributed by atoms with van der Waals surface area (Å²) < 4.78 is 0. The fraction of sp³-hybridized carbons (Fsp3) is 0.900. The maximum absolute atomic E-state index is 11.2. The van der Waals surface area contributed by atoms with E-state index in [0.717, 1.165) is 6.42 Å². The highest BCUT2D eigenvalue weighted by Crippen LogP contribution is 2.26. The fourth-order valence-electron chi connectivity index (χ4n) is 1.90. The van der Waals surface area contributed by atoms with Crippen molar-refractivity contribution in [3.63, 3.8) is 0 Å². The first-order valence-electron chi connectivity index (χ1n) is 4.95. The number of nitro groups is 1. The number of amides is 1. The van der Waals surface area contributed by atoms with Crippen LogP contribution in [-0.4, -0.2) is 22.9 Å². The van der Waals surface area contributed by atoms with Crippen LogP contribution in [0.3, 0.4) is 0 Å². The van der Waals surface area contributed by atoms with Gasteiger partial charge in [0.15, 0.2) is 0 Å². The van der Waals surface area contributed by atoms with Crippen LogP contribution in [0.5, 0.6) is 0 Å². The van der Waals surface area contributed by atoms with Crippen molar-refractivity contribution in [1.29, 1.82) is 0 Å². The third-order valence-corrected chi connectivity index (χ3v) is 1.72. The van der Waals surface area contributed by atoms with Crippen LogP contribution in [0.15, 0.2) is 0 Å². The van der Waals surface area contributed by atoms with E-state index in [2.05, 4.69) is 26.1 Å². The van der Waals surface area contributed by atoms with E-state index >= 15 is 0 Å². The van der Waals surface area contributed by atoms with Crippen molar-refractivity contribution >= 4 is 5.91 Å². The SMILES string of the molecule is CC(C)(C)CC(C)(C)NC(=O)C[N+](=O)[O-]. The molecule has 0 bridgehead atoms. The Balaban J connectivity index is 4.25. The topological polar surface area (TPSA) is 72.2 Å². The Morgan fingerprint density at radius 2 is 1.73 bits per heavy atom. The van der Waals surface area contributed by atoms with E-state index in [0.29, 0.717) is 0 Å². The lowest BCUT2D eigenvalue weighted by atomic mass is 9.82. The minimum absolute atomic E-state index is 0.0748. The predicted molar refractivity (Wildman–Crippen MR) is 58.2 cm³/mol. The van der Waals surface area contributed by atoms with E-state index < -0.39 is 22.9 Å². The number of carbonyl (C=O) groups excluding carboxylic acids is 1. The summed E-state index contributed by atoms with van der Waals surface area (Å²) in [5.74, 6) is -0.533. The average Bonchev–Trinajstić information content (AvgIpc) is 1.73. The summed E-state index contributed by atoms with van der Waals surface area (Å²) in [4.78, 5) is 20.7. The molecule has 0 aromatic carbocycles. The normalized spacial score (nSPS) is 12.3. The van der Waals surface area contributed by atoms with E-state index in [-0.39, 0.29) is 5.41 Å². The molecule has 0 saturated heterocycles. The number of carbonyl (C=O) groups is 1. The van der Waals surface area contributed by atoms with Gasteiger partial charge < -0.3 is 5.32 Å². The van der Waals surface area contributed by atoms with E-state index in [1.807, 2.05) is 13.8 Å². The smallest absolute Gasteiger partial charge is 0.292 e. The highest BCUT2D eigenvalue weighted by atomic mass is 16.6. The van der Waals surface area contributed by atoms with Crippen LogP contribution in [-0.2, 0) is 4.79 Å². The first kappa shape index (κ1) is 13.9. The molecular formula is C10H20N2O3. The molecular weight excluding hydrogens is 196 g/mol. The molecule has 88 valence electrons. The molecule has 0 fully saturated rings. The quantitative estimate of drug-likeness (QED) is 0.573. The first-order valence-corrected chi connectivity index (χ1v) is 4.95. The van der Waals surface area contributed by atoms with Gasteiger partial charge in [-0.15, -0.1) is 0 Å². The second-order valence-electron chi connectivity index (χ2n) is 5.66. The number of nitrogens with one attached hydrogen (secondary N) is 1. The largest absolute Gasteiger partial charge is 0.346 e. The van der Waals surface area contributed by atoms with E-state index in [1.54, 1.807) is 0 Å². The molecule has 0 spiro atoms. The molecule has 5 heteroatoms. The molecule has 0 unspecified atom stereocenters. The summed E-state index contributed by atoms with van der Waals surface area (Å²) in [6, 6.07) is 0. The van der Waals surface area contributed by atoms with Gasteiger partial charge in [-0.05, 0) is 25.7 Å². The van der Waals surface area contributed by atoms with Crippen LogP contribution in [0.25, 0.3) is 0 Å². The lowest BCUT2D eigenvalue weighted by Crippen LogP contribution is -2.47. The molecule has 0 rings (SSSR count). The highest BCUT2D eigenvalue weighted by Gasteiger charge is 2.28. The van der Waals surface area contributed by atoms with Crippen molar-refractivity contribution in [2.24, 2.45) is 5.41 Å². The molecule has 0 aromatic heterocycles. The Labute approximate surface area is 90.4 Å². The van der Waals surface area contributed by atoms with Crippen molar-refractivity contribution in [3.8, 4) is 0 Å². The second kappa shape index (κ2) is 4.59. The molecule has 0 atom stereocenters. The van der Waals surface area contributed by atoms with Gasteiger partial charge in [0.1, 0.15) is 0 Å². The van der Waals surface area contributed by atoms with Gasteiger partial charge in [-0.25, -0.2) is 0 Å². The molecule has 0 aliphatic carbocycles. The third kappa shape index (κ3) is 7.90. The van der Waals surface area contributed by atoms with Gasteiger partial charge in [0.25, 0.3) is 12.5 Å².